The largest absolute Gasteiger partial charge is 2.00 e. The standard InChI is InChI=1S/C11H25N5O3.ClHO4.ClH.Cu/c1-11(16(18)19)8-14-4-2-12-6-10(17)7-13-3-5-15-9-11;2-1(3,4)5;;/h10,12-15,17H,2-9H2,1H3;(H,2,3,4,5);1H;/q;;;+2/p-2. The van der Waals surface area contributed by atoms with Crippen molar-refractivity contribution in [2.24, 2.45) is 0 Å². The normalized spacial score (nSPS) is 26.0. The molecule has 12 nitrogen and oxygen atoms in total. The van der Waals surface area contributed by atoms with Gasteiger partial charge in [0.15, 0.2) is 0 Å². The summed E-state index contributed by atoms with van der Waals surface area (Å²) in [6.45, 7) is 5.98. The Bertz CT molecular complexity index is 346. The van der Waals surface area contributed by atoms with Gasteiger partial charge in [0, 0.05) is 51.1 Å². The molecule has 0 atom stereocenters. The summed E-state index contributed by atoms with van der Waals surface area (Å²) in [7, 11) is -4.94. The van der Waals surface area contributed by atoms with Crippen LogP contribution in [0.2, 0.25) is 0 Å². The number of nitrogens with one attached hydrogen (secondary N) is 4. The van der Waals surface area contributed by atoms with Crippen molar-refractivity contribution in [2.75, 3.05) is 52.4 Å². The van der Waals surface area contributed by atoms with Crippen LogP contribution in [-0.4, -0.2) is 74.0 Å². The topological polar surface area (TPSA) is 204 Å². The molecular formula is C11H25Cl2CuN5O7. The number of β-amino-alcohol motifs (C(OH)–C–C–N with tert-alkyl or cyclic N) is 1. The van der Waals surface area contributed by atoms with E-state index in [1.54, 1.807) is 6.92 Å². The van der Waals surface area contributed by atoms with Gasteiger partial charge < -0.3 is 38.8 Å². The van der Waals surface area contributed by atoms with Crippen molar-refractivity contribution >= 4 is 0 Å². The van der Waals surface area contributed by atoms with Gasteiger partial charge in [0.05, 0.1) is 19.2 Å². The molecular weight excluding hydrogens is 449 g/mol. The van der Waals surface area contributed by atoms with E-state index in [4.69, 9.17) is 18.6 Å². The molecule has 1 saturated heterocycles. The van der Waals surface area contributed by atoms with E-state index in [0.29, 0.717) is 52.4 Å². The SMILES string of the molecule is CC1([N+](=O)[O-])CNCCNCC(O)CNCCNC1.[Cl-].[Cu+2].[O-][Cl+3]([O-])([O-])[O-]. The van der Waals surface area contributed by atoms with Gasteiger partial charge in [-0.25, -0.2) is 18.6 Å². The summed E-state index contributed by atoms with van der Waals surface area (Å²) in [6.07, 6.45) is -0.410. The van der Waals surface area contributed by atoms with Crippen LogP contribution in [0.3, 0.4) is 0 Å². The van der Waals surface area contributed by atoms with Crippen molar-refractivity contribution < 1.29 is 68.4 Å². The molecule has 0 amide bonds. The monoisotopic (exact) mass is 472 g/mol. The van der Waals surface area contributed by atoms with Crippen LogP contribution in [0.15, 0.2) is 0 Å². The van der Waals surface area contributed by atoms with Crippen LogP contribution in [-0.2, 0) is 17.1 Å². The van der Waals surface area contributed by atoms with Gasteiger partial charge in [-0.05, 0) is 0 Å². The number of halogens is 2. The molecule has 1 fully saturated rings. The smallest absolute Gasteiger partial charge is 1.00 e. The number of aliphatic hydroxyl groups excluding tert-OH is 1. The van der Waals surface area contributed by atoms with E-state index in [2.05, 4.69) is 21.3 Å². The second-order valence-corrected chi connectivity index (χ2v) is 6.30. The first-order chi connectivity index (χ1) is 11.0. The quantitative estimate of drug-likeness (QED) is 0.137. The van der Waals surface area contributed by atoms with E-state index < -0.39 is 21.9 Å². The molecule has 1 aliphatic heterocycles. The molecule has 0 aromatic heterocycles. The summed E-state index contributed by atoms with van der Waals surface area (Å²) < 4.78 is 34.0. The third kappa shape index (κ3) is 18.9. The molecule has 0 unspecified atom stereocenters. The molecule has 0 spiro atoms. The Labute approximate surface area is 170 Å². The average molecular weight is 474 g/mol. The zero-order chi connectivity index (χ0) is 18.6. The predicted molar refractivity (Wildman–Crippen MR) is 72.9 cm³/mol. The Kier molecular flexibility index (Phi) is 19.1. The first-order valence-corrected chi connectivity index (χ1v) is 8.55. The fraction of sp³-hybridized carbons (Fsp3) is 1.00. The number of hydrogen-bond donors (Lipinski definition) is 5. The molecule has 5 N–H and O–H groups in total. The van der Waals surface area contributed by atoms with E-state index in [1.165, 1.54) is 0 Å². The van der Waals surface area contributed by atoms with Crippen molar-refractivity contribution in [3.8, 4) is 0 Å². The maximum Gasteiger partial charge on any atom is 2.00 e. The number of hydrogen-bond acceptors (Lipinski definition) is 11. The number of nitrogens with zero attached hydrogens (tertiary/aromatic N) is 1. The van der Waals surface area contributed by atoms with Crippen LogP contribution in [0.4, 0.5) is 0 Å². The van der Waals surface area contributed by atoms with Crippen LogP contribution in [0.5, 0.6) is 0 Å². The van der Waals surface area contributed by atoms with E-state index in [-0.39, 0.29) is 34.4 Å². The van der Waals surface area contributed by atoms with Crippen molar-refractivity contribution in [3.05, 3.63) is 10.1 Å². The van der Waals surface area contributed by atoms with Gasteiger partial charge in [-0.1, -0.05) is 0 Å². The summed E-state index contributed by atoms with van der Waals surface area (Å²) in [5, 5.41) is 33.1. The maximum absolute atomic E-state index is 11.1. The van der Waals surface area contributed by atoms with E-state index in [9.17, 15) is 15.2 Å². The third-order valence-corrected chi connectivity index (χ3v) is 3.17. The van der Waals surface area contributed by atoms with Gasteiger partial charge in [-0.15, -0.1) is 10.2 Å². The Balaban J connectivity index is -0.000000668. The fourth-order valence-corrected chi connectivity index (χ4v) is 1.87. The fourth-order valence-electron chi connectivity index (χ4n) is 1.87. The first kappa shape index (κ1) is 30.9. The van der Waals surface area contributed by atoms with Crippen molar-refractivity contribution in [3.63, 3.8) is 0 Å². The second kappa shape index (κ2) is 16.1. The molecule has 0 saturated carbocycles. The molecule has 0 bridgehead atoms. The summed E-state index contributed by atoms with van der Waals surface area (Å²) in [4.78, 5) is 10.9. The molecule has 1 rings (SSSR count). The van der Waals surface area contributed by atoms with Crippen LogP contribution in [0.1, 0.15) is 6.92 Å². The van der Waals surface area contributed by atoms with Crippen molar-refractivity contribution in [1.29, 1.82) is 0 Å². The molecule has 1 heterocycles. The maximum atomic E-state index is 11.1. The van der Waals surface area contributed by atoms with Gasteiger partial charge in [0.1, 0.15) is 0 Å². The summed E-state index contributed by atoms with van der Waals surface area (Å²) in [5.74, 6) is 0. The summed E-state index contributed by atoms with van der Waals surface area (Å²) >= 11 is 0. The van der Waals surface area contributed by atoms with Crippen LogP contribution in [0.25, 0.3) is 0 Å². The van der Waals surface area contributed by atoms with Gasteiger partial charge >= 0.3 is 17.1 Å². The van der Waals surface area contributed by atoms with Gasteiger partial charge in [-0.3, -0.25) is 10.1 Å². The number of aliphatic hydroxyl groups is 1. The van der Waals surface area contributed by atoms with Crippen LogP contribution < -0.4 is 52.3 Å². The minimum Gasteiger partial charge on any atom is -1.00 e. The molecule has 0 aromatic rings. The van der Waals surface area contributed by atoms with E-state index in [1.807, 2.05) is 0 Å². The number of rotatable bonds is 1. The molecule has 15 heteroatoms. The minimum absolute atomic E-state index is 0. The van der Waals surface area contributed by atoms with Crippen molar-refractivity contribution in [1.82, 2.24) is 21.3 Å². The zero-order valence-electron chi connectivity index (χ0n) is 14.1. The van der Waals surface area contributed by atoms with Crippen LogP contribution >= 0.6 is 0 Å². The number of nitro groups is 1. The zero-order valence-corrected chi connectivity index (χ0v) is 16.6. The van der Waals surface area contributed by atoms with E-state index >= 15 is 0 Å². The predicted octanol–water partition coefficient (Wildman–Crippen LogP) is -10.00. The van der Waals surface area contributed by atoms with Crippen LogP contribution in [0, 0.1) is 20.4 Å². The van der Waals surface area contributed by atoms with E-state index in [0.717, 1.165) is 0 Å². The molecule has 1 radical (unpaired) electrons. The first-order valence-electron chi connectivity index (χ1n) is 7.32. The van der Waals surface area contributed by atoms with Gasteiger partial charge in [0.25, 0.3) is 0 Å². The summed E-state index contributed by atoms with van der Waals surface area (Å²) in [6, 6.07) is 0. The third-order valence-electron chi connectivity index (χ3n) is 3.17. The summed E-state index contributed by atoms with van der Waals surface area (Å²) in [5.41, 5.74) is -0.996. The molecule has 161 valence electrons. The van der Waals surface area contributed by atoms with Crippen molar-refractivity contribution in [2.45, 2.75) is 18.6 Å². The minimum atomic E-state index is -4.94. The van der Waals surface area contributed by atoms with Gasteiger partial charge in [0.2, 0.25) is 5.54 Å². The molecule has 0 aromatic carbocycles. The average Bonchev–Trinajstić information content (AvgIpc) is 2.43. The molecule has 0 aliphatic carbocycles. The Morgan fingerprint density at radius 1 is 0.962 bits per heavy atom. The van der Waals surface area contributed by atoms with Gasteiger partial charge in [-0.2, -0.15) is 0 Å². The second-order valence-electron chi connectivity index (χ2n) is 5.55. The molecule has 26 heavy (non-hydrogen) atoms. The Morgan fingerprint density at radius 2 is 1.27 bits per heavy atom. The Morgan fingerprint density at radius 3 is 1.58 bits per heavy atom. The Hall–Kier alpha value is 0.139. The molecule has 1 aliphatic rings.